The third kappa shape index (κ3) is 3.06. The second-order valence-electron chi connectivity index (χ2n) is 4.98. The zero-order chi connectivity index (χ0) is 15.4. The van der Waals surface area contributed by atoms with Crippen LogP contribution in [0.5, 0.6) is 0 Å². The molecule has 0 aliphatic carbocycles. The van der Waals surface area contributed by atoms with Crippen LogP contribution in [-0.2, 0) is 17.8 Å². The lowest BCUT2D eigenvalue weighted by atomic mass is 10.1. The lowest BCUT2D eigenvalue weighted by Gasteiger charge is -2.06. The van der Waals surface area contributed by atoms with E-state index in [1.54, 1.807) is 6.07 Å². The van der Waals surface area contributed by atoms with Gasteiger partial charge in [-0.3, -0.25) is 9.59 Å². The topological polar surface area (TPSA) is 79.8 Å². The van der Waals surface area contributed by atoms with Gasteiger partial charge in [-0.2, -0.15) is 5.10 Å². The minimum absolute atomic E-state index is 0.0619. The molecule has 6 heteroatoms. The number of aromatic amines is 1. The van der Waals surface area contributed by atoms with Gasteiger partial charge in [0, 0.05) is 35.9 Å². The van der Waals surface area contributed by atoms with E-state index in [1.165, 1.54) is 12.3 Å². The van der Waals surface area contributed by atoms with Crippen LogP contribution in [0.4, 0.5) is 0 Å². The maximum atomic E-state index is 11.8. The standard InChI is InChI=1S/C16H16N4O2/c21-15(11-20-16(22)6-3-8-19-20)17-9-7-12-10-18-14-5-2-1-4-13(12)14/h1-6,8,10,18H,7,9,11H2,(H,17,21). The summed E-state index contributed by atoms with van der Waals surface area (Å²) in [6.45, 7) is 0.454. The van der Waals surface area contributed by atoms with Crippen molar-refractivity contribution in [3.8, 4) is 0 Å². The Kier molecular flexibility index (Phi) is 4.00. The van der Waals surface area contributed by atoms with Crippen LogP contribution in [0.3, 0.4) is 0 Å². The normalized spacial score (nSPS) is 10.7. The Hall–Kier alpha value is -2.89. The number of amides is 1. The van der Waals surface area contributed by atoms with E-state index in [4.69, 9.17) is 0 Å². The number of rotatable bonds is 5. The van der Waals surface area contributed by atoms with Crippen LogP contribution in [0.2, 0.25) is 0 Å². The molecular weight excluding hydrogens is 280 g/mol. The Morgan fingerprint density at radius 1 is 1.23 bits per heavy atom. The Morgan fingerprint density at radius 2 is 2.09 bits per heavy atom. The van der Waals surface area contributed by atoms with Crippen molar-refractivity contribution in [2.45, 2.75) is 13.0 Å². The summed E-state index contributed by atoms with van der Waals surface area (Å²) in [6, 6.07) is 11.0. The summed E-state index contributed by atoms with van der Waals surface area (Å²) in [5, 5.41) is 7.83. The molecule has 2 heterocycles. The van der Waals surface area contributed by atoms with E-state index >= 15 is 0 Å². The highest BCUT2D eigenvalue weighted by Crippen LogP contribution is 2.17. The monoisotopic (exact) mass is 296 g/mol. The fourth-order valence-electron chi connectivity index (χ4n) is 2.37. The summed E-state index contributed by atoms with van der Waals surface area (Å²) in [4.78, 5) is 26.5. The van der Waals surface area contributed by atoms with Crippen LogP contribution in [0.15, 0.2) is 53.6 Å². The molecule has 0 aliphatic rings. The Balaban J connectivity index is 1.56. The molecule has 3 aromatic rings. The van der Waals surface area contributed by atoms with E-state index in [-0.39, 0.29) is 18.0 Å². The Morgan fingerprint density at radius 3 is 2.95 bits per heavy atom. The van der Waals surface area contributed by atoms with Gasteiger partial charge in [-0.25, -0.2) is 4.68 Å². The van der Waals surface area contributed by atoms with Crippen LogP contribution < -0.4 is 10.9 Å². The van der Waals surface area contributed by atoms with E-state index in [1.807, 2.05) is 24.4 Å². The van der Waals surface area contributed by atoms with Gasteiger partial charge in [0.1, 0.15) is 6.54 Å². The summed E-state index contributed by atoms with van der Waals surface area (Å²) in [6.07, 6.45) is 4.17. The second kappa shape index (κ2) is 6.26. The number of benzene rings is 1. The lowest BCUT2D eigenvalue weighted by Crippen LogP contribution is -2.34. The summed E-state index contributed by atoms with van der Waals surface area (Å²) in [5.41, 5.74) is 1.96. The van der Waals surface area contributed by atoms with Gasteiger partial charge in [-0.05, 0) is 24.1 Å². The van der Waals surface area contributed by atoms with Gasteiger partial charge in [0.15, 0.2) is 0 Å². The predicted octanol–water partition coefficient (Wildman–Crippen LogP) is 1.08. The van der Waals surface area contributed by atoms with Crippen LogP contribution >= 0.6 is 0 Å². The fraction of sp³-hybridized carbons (Fsp3) is 0.188. The highest BCUT2D eigenvalue weighted by atomic mass is 16.2. The summed E-state index contributed by atoms with van der Waals surface area (Å²) in [7, 11) is 0. The first-order valence-electron chi connectivity index (χ1n) is 7.08. The minimum atomic E-state index is -0.283. The molecule has 0 saturated carbocycles. The summed E-state index contributed by atoms with van der Waals surface area (Å²) >= 11 is 0. The number of hydrogen-bond acceptors (Lipinski definition) is 3. The molecule has 0 bridgehead atoms. The van der Waals surface area contributed by atoms with Gasteiger partial charge in [0.2, 0.25) is 5.91 Å². The number of hydrogen-bond donors (Lipinski definition) is 2. The van der Waals surface area contributed by atoms with Crippen molar-refractivity contribution >= 4 is 16.8 Å². The molecule has 0 atom stereocenters. The van der Waals surface area contributed by atoms with Gasteiger partial charge < -0.3 is 10.3 Å². The number of H-pyrrole nitrogens is 1. The lowest BCUT2D eigenvalue weighted by molar-refractivity contribution is -0.121. The molecule has 3 rings (SSSR count). The van der Waals surface area contributed by atoms with Crippen molar-refractivity contribution in [3.63, 3.8) is 0 Å². The van der Waals surface area contributed by atoms with Crippen molar-refractivity contribution in [2.75, 3.05) is 6.54 Å². The van der Waals surface area contributed by atoms with E-state index in [9.17, 15) is 9.59 Å². The van der Waals surface area contributed by atoms with Gasteiger partial charge in [0.25, 0.3) is 5.56 Å². The van der Waals surface area contributed by atoms with Crippen molar-refractivity contribution in [3.05, 3.63) is 64.7 Å². The number of para-hydroxylation sites is 1. The molecule has 6 nitrogen and oxygen atoms in total. The largest absolute Gasteiger partial charge is 0.361 e. The Bertz CT molecular complexity index is 850. The molecule has 112 valence electrons. The van der Waals surface area contributed by atoms with Crippen molar-refractivity contribution in [1.82, 2.24) is 20.1 Å². The van der Waals surface area contributed by atoms with E-state index in [2.05, 4.69) is 21.5 Å². The smallest absolute Gasteiger partial charge is 0.267 e. The van der Waals surface area contributed by atoms with Gasteiger partial charge >= 0.3 is 0 Å². The van der Waals surface area contributed by atoms with Crippen LogP contribution in [0.1, 0.15) is 5.56 Å². The molecule has 1 amide bonds. The second-order valence-corrected chi connectivity index (χ2v) is 4.98. The third-order valence-corrected chi connectivity index (χ3v) is 3.47. The molecule has 0 spiro atoms. The van der Waals surface area contributed by atoms with Crippen LogP contribution in [0.25, 0.3) is 10.9 Å². The van der Waals surface area contributed by atoms with Gasteiger partial charge in [-0.1, -0.05) is 18.2 Å². The SMILES string of the molecule is O=C(Cn1ncccc1=O)NCCc1c[nH]c2ccccc12. The first-order valence-corrected chi connectivity index (χ1v) is 7.08. The number of aromatic nitrogens is 3. The van der Waals surface area contributed by atoms with Crippen molar-refractivity contribution in [2.24, 2.45) is 0 Å². The predicted molar refractivity (Wildman–Crippen MR) is 83.5 cm³/mol. The van der Waals surface area contributed by atoms with E-state index in [0.717, 1.165) is 27.6 Å². The third-order valence-electron chi connectivity index (χ3n) is 3.47. The van der Waals surface area contributed by atoms with E-state index in [0.29, 0.717) is 6.54 Å². The average Bonchev–Trinajstić information content (AvgIpc) is 2.93. The highest BCUT2D eigenvalue weighted by Gasteiger charge is 2.06. The van der Waals surface area contributed by atoms with Crippen LogP contribution in [0, 0.1) is 0 Å². The number of nitrogens with zero attached hydrogens (tertiary/aromatic N) is 2. The molecule has 0 unspecified atom stereocenters. The number of carbonyl (C=O) groups excluding carboxylic acids is 1. The van der Waals surface area contributed by atoms with Gasteiger partial charge in [0.05, 0.1) is 0 Å². The number of nitrogens with one attached hydrogen (secondary N) is 2. The Labute approximate surface area is 126 Å². The number of carbonyl (C=O) groups is 1. The zero-order valence-corrected chi connectivity index (χ0v) is 12.0. The molecular formula is C16H16N4O2. The van der Waals surface area contributed by atoms with Crippen molar-refractivity contribution < 1.29 is 4.79 Å². The zero-order valence-electron chi connectivity index (χ0n) is 12.0. The molecule has 22 heavy (non-hydrogen) atoms. The average molecular weight is 296 g/mol. The quantitative estimate of drug-likeness (QED) is 0.739. The fourth-order valence-corrected chi connectivity index (χ4v) is 2.37. The van der Waals surface area contributed by atoms with E-state index < -0.39 is 0 Å². The molecule has 0 saturated heterocycles. The molecule has 0 aliphatic heterocycles. The maximum Gasteiger partial charge on any atom is 0.267 e. The first-order chi connectivity index (χ1) is 10.7. The number of fused-ring (bicyclic) bond motifs is 1. The van der Waals surface area contributed by atoms with Crippen LogP contribution in [-0.4, -0.2) is 27.2 Å². The van der Waals surface area contributed by atoms with Gasteiger partial charge in [-0.15, -0.1) is 0 Å². The molecule has 0 radical (unpaired) electrons. The van der Waals surface area contributed by atoms with Crippen molar-refractivity contribution in [1.29, 1.82) is 0 Å². The molecule has 2 aromatic heterocycles. The molecule has 0 fully saturated rings. The molecule has 2 N–H and O–H groups in total. The first kappa shape index (κ1) is 14.1. The minimum Gasteiger partial charge on any atom is -0.361 e. The maximum absolute atomic E-state index is 11.8. The summed E-state index contributed by atoms with van der Waals surface area (Å²) < 4.78 is 1.14. The molecule has 1 aromatic carbocycles. The highest BCUT2D eigenvalue weighted by molar-refractivity contribution is 5.83. The summed E-state index contributed by atoms with van der Waals surface area (Å²) in [5.74, 6) is -0.222.